The third-order valence-electron chi connectivity index (χ3n) is 2.25. The molecule has 4 nitrogen and oxygen atoms in total. The van der Waals surface area contributed by atoms with Crippen molar-refractivity contribution in [1.82, 2.24) is 0 Å². The summed E-state index contributed by atoms with van der Waals surface area (Å²) in [4.78, 5) is 12.5. The number of hydrogen-bond donors (Lipinski definition) is 0. The second-order valence-electron chi connectivity index (χ2n) is 3.36. The highest BCUT2D eigenvalue weighted by Crippen LogP contribution is 2.23. The Morgan fingerprint density at radius 1 is 1.56 bits per heavy atom. The van der Waals surface area contributed by atoms with Gasteiger partial charge in [0.15, 0.2) is 6.07 Å². The molecule has 1 aromatic carbocycles. The fourth-order valence-electron chi connectivity index (χ4n) is 1.35. The van der Waals surface area contributed by atoms with Crippen LogP contribution in [0.25, 0.3) is 0 Å². The van der Waals surface area contributed by atoms with Gasteiger partial charge in [-0.05, 0) is 37.6 Å². The van der Waals surface area contributed by atoms with Crippen molar-refractivity contribution in [3.05, 3.63) is 23.8 Å². The molecule has 1 amide bonds. The summed E-state index contributed by atoms with van der Waals surface area (Å²) in [6.45, 7) is 4.42. The fraction of sp³-hybridized carbons (Fsp3) is 0.333. The second-order valence-corrected chi connectivity index (χ2v) is 3.36. The summed E-state index contributed by atoms with van der Waals surface area (Å²) in [5, 5.41) is 8.51. The Balaban J connectivity index is 2.97. The van der Waals surface area contributed by atoms with Crippen molar-refractivity contribution in [2.24, 2.45) is 0 Å². The monoisotopic (exact) mass is 218 g/mol. The van der Waals surface area contributed by atoms with Crippen LogP contribution in [-0.4, -0.2) is 19.6 Å². The van der Waals surface area contributed by atoms with Crippen molar-refractivity contribution < 1.29 is 9.53 Å². The number of nitrogens with zero attached hydrogens (tertiary/aromatic N) is 2. The molecular weight excluding hydrogens is 204 g/mol. The van der Waals surface area contributed by atoms with Crippen LogP contribution >= 0.6 is 0 Å². The van der Waals surface area contributed by atoms with Crippen LogP contribution in [0.2, 0.25) is 0 Å². The van der Waals surface area contributed by atoms with E-state index in [0.29, 0.717) is 12.3 Å². The van der Waals surface area contributed by atoms with Crippen LogP contribution in [0.1, 0.15) is 12.5 Å². The van der Waals surface area contributed by atoms with Crippen molar-refractivity contribution in [3.63, 3.8) is 0 Å². The minimum atomic E-state index is -0.580. The lowest BCUT2D eigenvalue weighted by molar-refractivity contribution is -0.113. The normalized spacial score (nSPS) is 9.38. The smallest absolute Gasteiger partial charge is 0.329 e. The SMILES string of the molecule is CCOc1ccc(N(C)C(=O)C#N)cc1C. The van der Waals surface area contributed by atoms with E-state index in [9.17, 15) is 4.79 Å². The topological polar surface area (TPSA) is 53.3 Å². The van der Waals surface area contributed by atoms with Crippen molar-refractivity contribution in [2.75, 3.05) is 18.6 Å². The fourth-order valence-corrected chi connectivity index (χ4v) is 1.35. The number of amides is 1. The van der Waals surface area contributed by atoms with Crippen LogP contribution in [0.5, 0.6) is 5.75 Å². The molecule has 0 spiro atoms. The summed E-state index contributed by atoms with van der Waals surface area (Å²) in [6, 6.07) is 6.96. The molecule has 0 aromatic heterocycles. The molecule has 1 aromatic rings. The zero-order valence-corrected chi connectivity index (χ0v) is 9.65. The van der Waals surface area contributed by atoms with Gasteiger partial charge < -0.3 is 9.64 Å². The van der Waals surface area contributed by atoms with Gasteiger partial charge in [0, 0.05) is 12.7 Å². The second kappa shape index (κ2) is 5.17. The lowest BCUT2D eigenvalue weighted by Gasteiger charge is -2.15. The van der Waals surface area contributed by atoms with Gasteiger partial charge in [-0.15, -0.1) is 0 Å². The highest BCUT2D eigenvalue weighted by Gasteiger charge is 2.10. The summed E-state index contributed by atoms with van der Waals surface area (Å²) in [5.74, 6) is 0.215. The summed E-state index contributed by atoms with van der Waals surface area (Å²) in [7, 11) is 1.57. The average molecular weight is 218 g/mol. The third kappa shape index (κ3) is 2.51. The molecule has 0 heterocycles. The minimum Gasteiger partial charge on any atom is -0.494 e. The minimum absolute atomic E-state index is 0.580. The first-order chi connectivity index (χ1) is 7.60. The van der Waals surface area contributed by atoms with Gasteiger partial charge in [0.1, 0.15) is 5.75 Å². The first kappa shape index (κ1) is 12.1. The molecule has 0 aliphatic heterocycles. The quantitative estimate of drug-likeness (QED) is 0.728. The Morgan fingerprint density at radius 3 is 2.75 bits per heavy atom. The maximum Gasteiger partial charge on any atom is 0.329 e. The Bertz CT molecular complexity index is 435. The van der Waals surface area contributed by atoms with Crippen molar-refractivity contribution in [2.45, 2.75) is 13.8 Å². The van der Waals surface area contributed by atoms with Crippen LogP contribution in [0.3, 0.4) is 0 Å². The molecule has 0 aliphatic rings. The van der Waals surface area contributed by atoms with Gasteiger partial charge >= 0.3 is 5.91 Å². The molecular formula is C12H14N2O2. The average Bonchev–Trinajstić information content (AvgIpc) is 2.30. The standard InChI is InChI=1S/C12H14N2O2/c1-4-16-11-6-5-10(7-9(11)2)14(3)12(15)8-13/h5-7H,4H2,1-3H3. The van der Waals surface area contributed by atoms with E-state index < -0.39 is 5.91 Å². The summed E-state index contributed by atoms with van der Waals surface area (Å²) >= 11 is 0. The predicted octanol–water partition coefficient (Wildman–Crippen LogP) is 1.88. The van der Waals surface area contributed by atoms with Crippen molar-refractivity contribution in [3.8, 4) is 11.8 Å². The van der Waals surface area contributed by atoms with Crippen LogP contribution in [0.4, 0.5) is 5.69 Å². The number of anilines is 1. The molecule has 16 heavy (non-hydrogen) atoms. The van der Waals surface area contributed by atoms with E-state index >= 15 is 0 Å². The molecule has 84 valence electrons. The molecule has 0 radical (unpaired) electrons. The van der Waals surface area contributed by atoms with Gasteiger partial charge in [0.05, 0.1) is 6.61 Å². The molecule has 0 atom stereocenters. The van der Waals surface area contributed by atoms with Gasteiger partial charge in [-0.1, -0.05) is 0 Å². The molecule has 0 saturated carbocycles. The Kier molecular flexibility index (Phi) is 3.90. The van der Waals surface area contributed by atoms with Crippen LogP contribution in [0.15, 0.2) is 18.2 Å². The molecule has 0 aliphatic carbocycles. The van der Waals surface area contributed by atoms with Gasteiger partial charge in [-0.2, -0.15) is 5.26 Å². The molecule has 0 bridgehead atoms. The van der Waals surface area contributed by atoms with Gasteiger partial charge in [-0.3, -0.25) is 4.79 Å². The number of hydrogen-bond acceptors (Lipinski definition) is 3. The number of benzene rings is 1. The predicted molar refractivity (Wildman–Crippen MR) is 61.4 cm³/mol. The number of rotatable bonds is 3. The number of nitriles is 1. The summed E-state index contributed by atoms with van der Waals surface area (Å²) < 4.78 is 5.39. The summed E-state index contributed by atoms with van der Waals surface area (Å²) in [5.41, 5.74) is 1.63. The number of carbonyl (C=O) groups excluding carboxylic acids is 1. The van der Waals surface area contributed by atoms with Crippen LogP contribution in [-0.2, 0) is 4.79 Å². The molecule has 0 unspecified atom stereocenters. The molecule has 4 heteroatoms. The van der Waals surface area contributed by atoms with Crippen LogP contribution < -0.4 is 9.64 Å². The van der Waals surface area contributed by atoms with E-state index in [1.54, 1.807) is 25.2 Å². The van der Waals surface area contributed by atoms with E-state index in [4.69, 9.17) is 10.00 Å². The van der Waals surface area contributed by atoms with E-state index in [1.807, 2.05) is 19.9 Å². The summed E-state index contributed by atoms with van der Waals surface area (Å²) in [6.07, 6.45) is 0. The molecule has 1 rings (SSSR count). The third-order valence-corrected chi connectivity index (χ3v) is 2.25. The van der Waals surface area contributed by atoms with Crippen molar-refractivity contribution in [1.29, 1.82) is 5.26 Å². The lowest BCUT2D eigenvalue weighted by atomic mass is 10.2. The zero-order valence-electron chi connectivity index (χ0n) is 9.65. The van der Waals surface area contributed by atoms with Gasteiger partial charge in [0.2, 0.25) is 0 Å². The first-order valence-electron chi connectivity index (χ1n) is 5.01. The molecule has 0 fully saturated rings. The lowest BCUT2D eigenvalue weighted by Crippen LogP contribution is -2.24. The highest BCUT2D eigenvalue weighted by molar-refractivity contribution is 6.03. The molecule has 0 saturated heterocycles. The Morgan fingerprint density at radius 2 is 2.25 bits per heavy atom. The van der Waals surface area contributed by atoms with Crippen LogP contribution in [0, 0.1) is 18.3 Å². The highest BCUT2D eigenvalue weighted by atomic mass is 16.5. The maximum atomic E-state index is 11.2. The number of ether oxygens (including phenoxy) is 1. The van der Waals surface area contributed by atoms with E-state index in [-0.39, 0.29) is 0 Å². The first-order valence-corrected chi connectivity index (χ1v) is 5.01. The Labute approximate surface area is 95.0 Å². The van der Waals surface area contributed by atoms with Gasteiger partial charge in [0.25, 0.3) is 0 Å². The largest absolute Gasteiger partial charge is 0.494 e. The number of aryl methyl sites for hydroxylation is 1. The van der Waals surface area contributed by atoms with E-state index in [0.717, 1.165) is 11.3 Å². The molecule has 0 N–H and O–H groups in total. The zero-order chi connectivity index (χ0) is 12.1. The van der Waals surface area contributed by atoms with E-state index in [1.165, 1.54) is 4.90 Å². The van der Waals surface area contributed by atoms with E-state index in [2.05, 4.69) is 0 Å². The number of carbonyl (C=O) groups is 1. The van der Waals surface area contributed by atoms with Crippen molar-refractivity contribution >= 4 is 11.6 Å². The Hall–Kier alpha value is -2.02. The maximum absolute atomic E-state index is 11.2. The van der Waals surface area contributed by atoms with Gasteiger partial charge in [-0.25, -0.2) is 0 Å².